The van der Waals surface area contributed by atoms with Crippen LogP contribution in [0, 0.1) is 20.8 Å². The number of rotatable bonds is 11. The fourth-order valence-electron chi connectivity index (χ4n) is 6.24. The van der Waals surface area contributed by atoms with E-state index in [1.165, 1.54) is 23.9 Å². The number of pyridine rings is 1. The Kier molecular flexibility index (Phi) is 10.2. The van der Waals surface area contributed by atoms with E-state index in [2.05, 4.69) is 46.8 Å². The average Bonchev–Trinajstić information content (AvgIpc) is 2.99. The minimum Gasteiger partial charge on any atom is -0.497 e. The van der Waals surface area contributed by atoms with E-state index in [1.54, 1.807) is 20.1 Å². The first kappa shape index (κ1) is 31.0. The molecule has 4 rings (SSSR count). The van der Waals surface area contributed by atoms with E-state index >= 15 is 0 Å². The number of nitrogens with two attached hydrogens (primary N) is 1. The second-order valence-electron chi connectivity index (χ2n) is 11.4. The Morgan fingerprint density at radius 3 is 2.36 bits per heavy atom. The Bertz CT molecular complexity index is 1400. The van der Waals surface area contributed by atoms with Crippen molar-refractivity contribution in [3.05, 3.63) is 87.7 Å². The molecule has 1 atom stereocenters. The highest BCUT2D eigenvalue weighted by atomic mass is 16.5. The number of amides is 1. The van der Waals surface area contributed by atoms with Gasteiger partial charge in [-0.05, 0) is 118 Å². The molecule has 8 nitrogen and oxygen atoms in total. The molecule has 0 bridgehead atoms. The van der Waals surface area contributed by atoms with Crippen LogP contribution in [-0.4, -0.2) is 61.2 Å². The maximum Gasteiger partial charge on any atom is 0.338 e. The maximum atomic E-state index is 12.6. The third-order valence-corrected chi connectivity index (χ3v) is 8.83. The zero-order valence-electron chi connectivity index (χ0n) is 25.8. The van der Waals surface area contributed by atoms with E-state index in [0.717, 1.165) is 55.8 Å². The number of benzene rings is 2. The van der Waals surface area contributed by atoms with Gasteiger partial charge < -0.3 is 25.0 Å². The van der Waals surface area contributed by atoms with Gasteiger partial charge in [0.1, 0.15) is 5.75 Å². The molecule has 2 heterocycles. The van der Waals surface area contributed by atoms with Crippen molar-refractivity contribution in [2.24, 2.45) is 5.73 Å². The van der Waals surface area contributed by atoms with E-state index in [1.807, 2.05) is 31.5 Å². The Morgan fingerprint density at radius 1 is 1.07 bits per heavy atom. The van der Waals surface area contributed by atoms with Crippen molar-refractivity contribution >= 4 is 17.6 Å². The number of aryl methyl sites for hydroxylation is 2. The molecule has 1 saturated heterocycles. The largest absolute Gasteiger partial charge is 0.497 e. The van der Waals surface area contributed by atoms with Crippen molar-refractivity contribution in [3.8, 4) is 5.75 Å². The van der Waals surface area contributed by atoms with Crippen LogP contribution in [-0.2, 0) is 17.7 Å². The quantitative estimate of drug-likeness (QED) is 0.308. The highest BCUT2D eigenvalue weighted by molar-refractivity contribution is 5.99. The summed E-state index contributed by atoms with van der Waals surface area (Å²) in [6.07, 6.45) is 7.42. The van der Waals surface area contributed by atoms with E-state index in [9.17, 15) is 9.59 Å². The van der Waals surface area contributed by atoms with Crippen molar-refractivity contribution in [3.63, 3.8) is 0 Å². The molecular formula is C34H44N4O4. The molecule has 1 amide bonds. The lowest BCUT2D eigenvalue weighted by Crippen LogP contribution is -2.47. The lowest BCUT2D eigenvalue weighted by Gasteiger charge is -2.42. The molecule has 1 aromatic heterocycles. The number of nitrogens with zero attached hydrogens (tertiary/aromatic N) is 3. The maximum absolute atomic E-state index is 12.6. The Labute approximate surface area is 249 Å². The first-order valence-electron chi connectivity index (χ1n) is 14.7. The molecule has 1 aliphatic heterocycles. The number of hydrogen-bond acceptors (Lipinski definition) is 7. The van der Waals surface area contributed by atoms with Gasteiger partial charge in [-0.25, -0.2) is 4.79 Å². The molecule has 8 heteroatoms. The SMILES string of the molecule is COC(=O)c1cc(C)c(C(N)=O)c(C)c1CC[C@@H](C)N1CCC(N(Cc2cnccc2C)c2ccc(OC)cc2)CC1. The monoisotopic (exact) mass is 572 g/mol. The molecule has 1 fully saturated rings. The average molecular weight is 573 g/mol. The van der Waals surface area contributed by atoms with Crippen LogP contribution in [0.2, 0.25) is 0 Å². The van der Waals surface area contributed by atoms with Crippen LogP contribution >= 0.6 is 0 Å². The van der Waals surface area contributed by atoms with Gasteiger partial charge in [-0.2, -0.15) is 0 Å². The Balaban J connectivity index is 1.47. The van der Waals surface area contributed by atoms with Gasteiger partial charge in [-0.3, -0.25) is 9.78 Å². The summed E-state index contributed by atoms with van der Waals surface area (Å²) in [5, 5.41) is 0. The minimum absolute atomic E-state index is 0.309. The van der Waals surface area contributed by atoms with E-state index < -0.39 is 5.91 Å². The van der Waals surface area contributed by atoms with Crippen LogP contribution in [0.4, 0.5) is 5.69 Å². The lowest BCUT2D eigenvalue weighted by molar-refractivity contribution is 0.0598. The van der Waals surface area contributed by atoms with Crippen molar-refractivity contribution in [1.82, 2.24) is 9.88 Å². The fourth-order valence-corrected chi connectivity index (χ4v) is 6.24. The van der Waals surface area contributed by atoms with Crippen LogP contribution in [0.5, 0.6) is 5.75 Å². The summed E-state index contributed by atoms with van der Waals surface area (Å²) in [6.45, 7) is 10.8. The number of hydrogen-bond donors (Lipinski definition) is 1. The first-order chi connectivity index (χ1) is 20.1. The Hall–Kier alpha value is -3.91. The third-order valence-electron chi connectivity index (χ3n) is 8.83. The molecular weight excluding hydrogens is 528 g/mol. The number of primary amides is 1. The van der Waals surface area contributed by atoms with Crippen molar-refractivity contribution < 1.29 is 19.1 Å². The predicted molar refractivity (Wildman–Crippen MR) is 166 cm³/mol. The summed E-state index contributed by atoms with van der Waals surface area (Å²) in [7, 11) is 3.08. The molecule has 1 aliphatic rings. The van der Waals surface area contributed by atoms with Crippen LogP contribution in [0.3, 0.4) is 0 Å². The van der Waals surface area contributed by atoms with Gasteiger partial charge in [0, 0.05) is 55.4 Å². The van der Waals surface area contributed by atoms with Crippen LogP contribution < -0.4 is 15.4 Å². The van der Waals surface area contributed by atoms with E-state index in [4.69, 9.17) is 15.2 Å². The number of carbonyl (C=O) groups is 2. The molecule has 0 spiro atoms. The summed E-state index contributed by atoms with van der Waals surface area (Å²) in [5.41, 5.74) is 12.7. The van der Waals surface area contributed by atoms with E-state index in [0.29, 0.717) is 35.2 Å². The summed E-state index contributed by atoms with van der Waals surface area (Å²) in [6, 6.07) is 12.8. The molecule has 0 radical (unpaired) electrons. The van der Waals surface area contributed by atoms with Gasteiger partial charge in [-0.1, -0.05) is 0 Å². The number of esters is 1. The van der Waals surface area contributed by atoms with Gasteiger partial charge in [0.2, 0.25) is 5.91 Å². The van der Waals surface area contributed by atoms with Gasteiger partial charge >= 0.3 is 5.97 Å². The molecule has 42 heavy (non-hydrogen) atoms. The highest BCUT2D eigenvalue weighted by Crippen LogP contribution is 2.30. The first-order valence-corrected chi connectivity index (χ1v) is 14.7. The Morgan fingerprint density at radius 2 is 1.76 bits per heavy atom. The topological polar surface area (TPSA) is 98.0 Å². The number of likely N-dealkylation sites (tertiary alicyclic amines) is 1. The molecule has 0 saturated carbocycles. The van der Waals surface area contributed by atoms with Crippen LogP contribution in [0.15, 0.2) is 48.8 Å². The molecule has 224 valence electrons. The minimum atomic E-state index is -0.472. The second-order valence-corrected chi connectivity index (χ2v) is 11.4. The standard InChI is InChI=1S/C34H44N4O4/c1-22-13-16-36-20-26(22)21-38(27-8-10-29(41-5)11-9-27)28-14-17-37(18-15-28)24(3)7-12-30-25(4)32(33(35)39)23(2)19-31(30)34(40)42-6/h8-11,13,16,19-20,24,28H,7,12,14-15,17-18,21H2,1-6H3,(H2,35,39)/t24-/m1/s1. The zero-order chi connectivity index (χ0) is 30.4. The lowest BCUT2D eigenvalue weighted by atomic mass is 9.89. The smallest absolute Gasteiger partial charge is 0.338 e. The number of methoxy groups -OCH3 is 2. The number of aromatic nitrogens is 1. The predicted octanol–water partition coefficient (Wildman–Crippen LogP) is 5.39. The molecule has 2 aromatic carbocycles. The highest BCUT2D eigenvalue weighted by Gasteiger charge is 2.28. The molecule has 0 aliphatic carbocycles. The fraction of sp³-hybridized carbons (Fsp3) is 0.441. The summed E-state index contributed by atoms with van der Waals surface area (Å²) >= 11 is 0. The third kappa shape index (κ3) is 6.93. The summed E-state index contributed by atoms with van der Waals surface area (Å²) in [5.74, 6) is -0.00846. The van der Waals surface area contributed by atoms with Crippen molar-refractivity contribution in [1.29, 1.82) is 0 Å². The van der Waals surface area contributed by atoms with Crippen molar-refractivity contribution in [2.45, 2.75) is 72.0 Å². The van der Waals surface area contributed by atoms with Crippen LogP contribution in [0.25, 0.3) is 0 Å². The van der Waals surface area contributed by atoms with Gasteiger partial charge in [0.05, 0.1) is 19.8 Å². The summed E-state index contributed by atoms with van der Waals surface area (Å²) in [4.78, 5) is 34.2. The number of anilines is 1. The normalized spacial score (nSPS) is 14.8. The van der Waals surface area contributed by atoms with Gasteiger partial charge in [-0.15, -0.1) is 0 Å². The number of piperidine rings is 1. The number of carbonyl (C=O) groups excluding carboxylic acids is 2. The summed E-state index contributed by atoms with van der Waals surface area (Å²) < 4.78 is 10.5. The number of ether oxygens (including phenoxy) is 2. The molecule has 2 N–H and O–H groups in total. The molecule has 3 aromatic rings. The van der Waals surface area contributed by atoms with Crippen molar-refractivity contribution in [2.75, 3.05) is 32.2 Å². The molecule has 0 unspecified atom stereocenters. The second kappa shape index (κ2) is 13.8. The zero-order valence-corrected chi connectivity index (χ0v) is 25.8. The van der Waals surface area contributed by atoms with Gasteiger partial charge in [0.25, 0.3) is 0 Å². The van der Waals surface area contributed by atoms with Crippen LogP contribution in [0.1, 0.15) is 74.7 Å². The van der Waals surface area contributed by atoms with E-state index in [-0.39, 0.29) is 5.97 Å². The van der Waals surface area contributed by atoms with Gasteiger partial charge in [0.15, 0.2) is 0 Å².